The Morgan fingerprint density at radius 3 is 1.95 bits per heavy atom. The molecular weight excluding hydrogens is 242 g/mol. The maximum absolute atomic E-state index is 9.59. The molecule has 4 nitrogen and oxygen atoms in total. The molecular formula is C15H17NO3. The molecule has 0 heterocycles. The van der Waals surface area contributed by atoms with Crippen molar-refractivity contribution in [2.75, 3.05) is 12.4 Å². The summed E-state index contributed by atoms with van der Waals surface area (Å²) in [5.74, 6) is 0.0358. The molecule has 0 aliphatic heterocycles. The van der Waals surface area contributed by atoms with Crippen LogP contribution in [0, 0.1) is 0 Å². The predicted molar refractivity (Wildman–Crippen MR) is 75.5 cm³/mol. The number of para-hydroxylation sites is 1. The molecule has 0 radical (unpaired) electrons. The van der Waals surface area contributed by atoms with Gasteiger partial charge in [0, 0.05) is 18.3 Å². The molecule has 0 unspecified atom stereocenters. The molecule has 0 aromatic heterocycles. The van der Waals surface area contributed by atoms with E-state index in [1.54, 1.807) is 12.1 Å². The van der Waals surface area contributed by atoms with Gasteiger partial charge in [-0.15, -0.1) is 0 Å². The monoisotopic (exact) mass is 259 g/mol. The van der Waals surface area contributed by atoms with E-state index >= 15 is 0 Å². The van der Waals surface area contributed by atoms with E-state index in [9.17, 15) is 4.79 Å². The van der Waals surface area contributed by atoms with Crippen molar-refractivity contribution in [3.8, 4) is 5.75 Å². The van der Waals surface area contributed by atoms with Crippen molar-refractivity contribution in [3.63, 3.8) is 0 Å². The number of rotatable bonds is 2. The fourth-order valence-corrected chi connectivity index (χ4v) is 1.23. The number of carbonyl (C=O) groups is 1. The molecule has 0 saturated carbocycles. The number of nitrogens with one attached hydrogen (secondary N) is 1. The Morgan fingerprint density at radius 1 is 1.00 bits per heavy atom. The van der Waals surface area contributed by atoms with Crippen molar-refractivity contribution >= 4 is 17.3 Å². The fraction of sp³-hybridized carbons (Fsp3) is 0.133. The summed E-state index contributed by atoms with van der Waals surface area (Å²) in [6.07, 6.45) is 0. The summed E-state index contributed by atoms with van der Waals surface area (Å²) in [4.78, 5) is 9.59. The summed E-state index contributed by atoms with van der Waals surface area (Å²) >= 11 is 0. The molecule has 2 rings (SSSR count). The molecule has 0 bridgehead atoms. The lowest BCUT2D eigenvalue weighted by molar-refractivity contribution is -0.137. The van der Waals surface area contributed by atoms with Gasteiger partial charge in [0.15, 0.2) is 0 Å². The molecule has 4 heteroatoms. The lowest BCUT2D eigenvalue weighted by Crippen LogP contribution is -1.88. The van der Waals surface area contributed by atoms with Crippen LogP contribution in [0.4, 0.5) is 11.4 Å². The van der Waals surface area contributed by atoms with Crippen LogP contribution in [-0.4, -0.2) is 18.2 Å². The first-order valence-electron chi connectivity index (χ1n) is 5.77. The van der Waals surface area contributed by atoms with Gasteiger partial charge in [-0.2, -0.15) is 0 Å². The van der Waals surface area contributed by atoms with Crippen molar-refractivity contribution in [2.45, 2.75) is 6.92 Å². The molecule has 19 heavy (non-hydrogen) atoms. The van der Waals surface area contributed by atoms with E-state index in [1.165, 1.54) is 14.0 Å². The molecule has 2 aromatic carbocycles. The van der Waals surface area contributed by atoms with Crippen molar-refractivity contribution in [1.29, 1.82) is 0 Å². The Morgan fingerprint density at radius 2 is 1.47 bits per heavy atom. The molecule has 0 saturated heterocycles. The van der Waals surface area contributed by atoms with Gasteiger partial charge in [0.25, 0.3) is 0 Å². The molecule has 0 spiro atoms. The Balaban J connectivity index is 0.000000312. The first kappa shape index (κ1) is 14.6. The van der Waals surface area contributed by atoms with Gasteiger partial charge in [-0.25, -0.2) is 0 Å². The lowest BCUT2D eigenvalue weighted by Gasteiger charge is -2.05. The Bertz CT molecular complexity index is 495. The third-order valence-corrected chi connectivity index (χ3v) is 2.22. The minimum Gasteiger partial charge on any atom is -0.508 e. The Labute approximate surface area is 112 Å². The van der Waals surface area contributed by atoms with E-state index in [0.717, 1.165) is 11.4 Å². The van der Waals surface area contributed by atoms with Gasteiger partial charge in [0.1, 0.15) is 5.75 Å². The van der Waals surface area contributed by atoms with Crippen LogP contribution < -0.4 is 5.32 Å². The highest BCUT2D eigenvalue weighted by atomic mass is 16.5. The third-order valence-electron chi connectivity index (χ3n) is 2.22. The van der Waals surface area contributed by atoms with Crippen LogP contribution in [0.2, 0.25) is 0 Å². The number of anilines is 2. The van der Waals surface area contributed by atoms with Crippen molar-refractivity contribution < 1.29 is 14.6 Å². The van der Waals surface area contributed by atoms with Gasteiger partial charge in [-0.05, 0) is 36.4 Å². The highest BCUT2D eigenvalue weighted by Crippen LogP contribution is 2.18. The van der Waals surface area contributed by atoms with E-state index in [4.69, 9.17) is 5.11 Å². The van der Waals surface area contributed by atoms with Gasteiger partial charge in [-0.3, -0.25) is 4.79 Å². The van der Waals surface area contributed by atoms with Crippen LogP contribution >= 0.6 is 0 Å². The summed E-state index contributed by atoms with van der Waals surface area (Å²) in [6.45, 7) is 1.36. The van der Waals surface area contributed by atoms with Gasteiger partial charge in [-0.1, -0.05) is 18.2 Å². The summed E-state index contributed by atoms with van der Waals surface area (Å²) in [5, 5.41) is 12.3. The largest absolute Gasteiger partial charge is 0.508 e. The van der Waals surface area contributed by atoms with Crippen LogP contribution in [0.3, 0.4) is 0 Å². The predicted octanol–water partition coefficient (Wildman–Crippen LogP) is 3.32. The van der Waals surface area contributed by atoms with Crippen LogP contribution in [-0.2, 0) is 9.53 Å². The van der Waals surface area contributed by atoms with Crippen LogP contribution in [0.1, 0.15) is 6.92 Å². The number of methoxy groups -OCH3 is 1. The number of aromatic hydroxyl groups is 1. The van der Waals surface area contributed by atoms with E-state index in [2.05, 4.69) is 10.1 Å². The summed E-state index contributed by atoms with van der Waals surface area (Å²) in [7, 11) is 1.35. The second-order valence-electron chi connectivity index (χ2n) is 3.73. The normalized spacial score (nSPS) is 8.95. The lowest BCUT2D eigenvalue weighted by atomic mass is 10.2. The SMILES string of the molecule is COC(C)=O.Oc1ccc(Nc2ccccc2)cc1. The molecule has 2 aromatic rings. The number of carbonyl (C=O) groups excluding carboxylic acids is 1. The van der Waals surface area contributed by atoms with Crippen molar-refractivity contribution in [2.24, 2.45) is 0 Å². The molecule has 0 aliphatic carbocycles. The smallest absolute Gasteiger partial charge is 0.302 e. The minimum absolute atomic E-state index is 0.245. The molecule has 2 N–H and O–H groups in total. The second-order valence-corrected chi connectivity index (χ2v) is 3.73. The number of phenolic OH excluding ortho intramolecular Hbond substituents is 1. The molecule has 0 atom stereocenters. The quantitative estimate of drug-likeness (QED) is 0.641. The second kappa shape index (κ2) is 7.76. The standard InChI is InChI=1S/C12H11NO.C3H6O2/c14-12-8-6-11(7-9-12)13-10-4-2-1-3-5-10;1-3(4)5-2/h1-9,13-14H;1-2H3. The zero-order chi connectivity index (χ0) is 14.1. The molecule has 100 valence electrons. The van der Waals surface area contributed by atoms with Crippen LogP contribution in [0.25, 0.3) is 0 Å². The van der Waals surface area contributed by atoms with Crippen LogP contribution in [0.5, 0.6) is 5.75 Å². The minimum atomic E-state index is -0.245. The fourth-order valence-electron chi connectivity index (χ4n) is 1.23. The zero-order valence-corrected chi connectivity index (χ0v) is 11.0. The molecule has 0 fully saturated rings. The zero-order valence-electron chi connectivity index (χ0n) is 11.0. The first-order valence-corrected chi connectivity index (χ1v) is 5.77. The van der Waals surface area contributed by atoms with Gasteiger partial charge < -0.3 is 15.2 Å². The highest BCUT2D eigenvalue weighted by molar-refractivity contribution is 5.65. The number of esters is 1. The highest BCUT2D eigenvalue weighted by Gasteiger charge is 1.92. The maximum atomic E-state index is 9.59. The van der Waals surface area contributed by atoms with Crippen molar-refractivity contribution in [3.05, 3.63) is 54.6 Å². The number of benzene rings is 2. The van der Waals surface area contributed by atoms with Gasteiger partial charge >= 0.3 is 5.97 Å². The Kier molecular flexibility index (Phi) is 5.95. The summed E-state index contributed by atoms with van der Waals surface area (Å²) in [5.41, 5.74) is 2.01. The number of phenols is 1. The van der Waals surface area contributed by atoms with E-state index in [0.29, 0.717) is 0 Å². The number of hydrogen-bond donors (Lipinski definition) is 2. The molecule has 0 aliphatic rings. The van der Waals surface area contributed by atoms with E-state index in [1.807, 2.05) is 42.5 Å². The molecule has 0 amide bonds. The van der Waals surface area contributed by atoms with Crippen LogP contribution in [0.15, 0.2) is 54.6 Å². The number of ether oxygens (including phenoxy) is 1. The van der Waals surface area contributed by atoms with E-state index < -0.39 is 0 Å². The maximum Gasteiger partial charge on any atom is 0.302 e. The summed E-state index contributed by atoms with van der Waals surface area (Å²) in [6, 6.07) is 16.9. The average Bonchev–Trinajstić information content (AvgIpc) is 2.43. The summed E-state index contributed by atoms with van der Waals surface area (Å²) < 4.78 is 4.11. The third kappa shape index (κ3) is 6.12. The van der Waals surface area contributed by atoms with Gasteiger partial charge in [0.05, 0.1) is 7.11 Å². The topological polar surface area (TPSA) is 58.6 Å². The van der Waals surface area contributed by atoms with E-state index in [-0.39, 0.29) is 11.7 Å². The number of hydrogen-bond acceptors (Lipinski definition) is 4. The first-order chi connectivity index (χ1) is 9.11. The Hall–Kier alpha value is -2.49. The average molecular weight is 259 g/mol. The van der Waals surface area contributed by atoms with Gasteiger partial charge in [0.2, 0.25) is 0 Å². The van der Waals surface area contributed by atoms with Crippen molar-refractivity contribution in [1.82, 2.24) is 0 Å².